The Morgan fingerprint density at radius 3 is 2.33 bits per heavy atom. The fourth-order valence-electron chi connectivity index (χ4n) is 3.54. The molecule has 0 radical (unpaired) electrons. The summed E-state index contributed by atoms with van der Waals surface area (Å²) in [6.45, 7) is 10.3. The molecule has 30 heavy (non-hydrogen) atoms. The van der Waals surface area contributed by atoms with Crippen LogP contribution < -0.4 is 10.2 Å². The molecular formula is C23H33IN4O2. The van der Waals surface area contributed by atoms with Crippen molar-refractivity contribution in [2.24, 2.45) is 4.99 Å². The zero-order valence-corrected chi connectivity index (χ0v) is 20.2. The Labute approximate surface area is 197 Å². The van der Waals surface area contributed by atoms with Gasteiger partial charge in [-0.15, -0.1) is 24.0 Å². The first-order chi connectivity index (χ1) is 14.2. The van der Waals surface area contributed by atoms with Crippen LogP contribution in [0.4, 0.5) is 5.69 Å². The van der Waals surface area contributed by atoms with Gasteiger partial charge in [0, 0.05) is 39.3 Å². The first kappa shape index (κ1) is 24.3. The number of aliphatic imine (C=N–C) groups is 1. The zero-order chi connectivity index (χ0) is 20.5. The second-order valence-corrected chi connectivity index (χ2v) is 7.04. The summed E-state index contributed by atoms with van der Waals surface area (Å²) in [6, 6.07) is 15.9. The number of phenolic OH excluding ortho intramolecular Hbond substituents is 1. The van der Waals surface area contributed by atoms with Gasteiger partial charge in [-0.1, -0.05) is 36.4 Å². The van der Waals surface area contributed by atoms with Gasteiger partial charge in [0.1, 0.15) is 5.75 Å². The molecule has 0 bridgehead atoms. The maximum absolute atomic E-state index is 10.1. The van der Waals surface area contributed by atoms with Crippen LogP contribution in [0.1, 0.15) is 25.0 Å². The maximum Gasteiger partial charge on any atom is 0.194 e. The van der Waals surface area contributed by atoms with Crippen LogP contribution in [-0.4, -0.2) is 55.3 Å². The van der Waals surface area contributed by atoms with Crippen LogP contribution in [0.25, 0.3) is 0 Å². The van der Waals surface area contributed by atoms with Crippen LogP contribution in [0.2, 0.25) is 0 Å². The Balaban J connectivity index is 0.00000320. The Bertz CT molecular complexity index is 807. The monoisotopic (exact) mass is 524 g/mol. The van der Waals surface area contributed by atoms with Gasteiger partial charge in [0.15, 0.2) is 5.96 Å². The van der Waals surface area contributed by atoms with Crippen LogP contribution >= 0.6 is 24.0 Å². The molecule has 3 rings (SSSR count). The fourth-order valence-corrected chi connectivity index (χ4v) is 3.54. The Morgan fingerprint density at radius 2 is 1.67 bits per heavy atom. The minimum Gasteiger partial charge on any atom is -0.506 e. The summed E-state index contributed by atoms with van der Waals surface area (Å²) in [5.41, 5.74) is 3.29. The van der Waals surface area contributed by atoms with Gasteiger partial charge in [-0.05, 0) is 37.1 Å². The van der Waals surface area contributed by atoms with Crippen LogP contribution in [0, 0.1) is 0 Å². The number of ether oxygens (including phenoxy) is 1. The number of nitrogens with zero attached hydrogens (tertiary/aromatic N) is 3. The highest BCUT2D eigenvalue weighted by Gasteiger charge is 2.21. The summed E-state index contributed by atoms with van der Waals surface area (Å²) in [4.78, 5) is 9.43. The summed E-state index contributed by atoms with van der Waals surface area (Å²) >= 11 is 0. The average Bonchev–Trinajstić information content (AvgIpc) is 2.76. The number of benzene rings is 2. The standard InChI is InChI=1S/C23H32N4O2.HI/c1-3-24-23(25-17-19-9-5-6-10-20(19)18-29-4-2)27-15-13-26(14-16-27)21-11-7-8-12-22(21)28;/h5-12,28H,3-4,13-18H2,1-2H3,(H,24,25);1H. The highest BCUT2D eigenvalue weighted by molar-refractivity contribution is 14.0. The Kier molecular flexibility index (Phi) is 10.2. The number of hydrogen-bond acceptors (Lipinski definition) is 4. The van der Waals surface area contributed by atoms with E-state index in [2.05, 4.69) is 40.2 Å². The van der Waals surface area contributed by atoms with Gasteiger partial charge in [-0.2, -0.15) is 0 Å². The number of guanidine groups is 1. The predicted octanol–water partition coefficient (Wildman–Crippen LogP) is 3.83. The summed E-state index contributed by atoms with van der Waals surface area (Å²) in [5.74, 6) is 1.28. The lowest BCUT2D eigenvalue weighted by Crippen LogP contribution is -2.52. The number of aromatic hydroxyl groups is 1. The van der Waals surface area contributed by atoms with E-state index in [1.165, 1.54) is 11.1 Å². The highest BCUT2D eigenvalue weighted by Crippen LogP contribution is 2.27. The number of rotatable bonds is 7. The molecule has 6 nitrogen and oxygen atoms in total. The summed E-state index contributed by atoms with van der Waals surface area (Å²) in [6.07, 6.45) is 0. The molecule has 0 amide bonds. The SMILES string of the molecule is CCNC(=NCc1ccccc1COCC)N1CCN(c2ccccc2O)CC1.I. The molecule has 0 atom stereocenters. The molecule has 1 heterocycles. The largest absolute Gasteiger partial charge is 0.506 e. The molecule has 2 aromatic rings. The van der Waals surface area contributed by atoms with Gasteiger partial charge >= 0.3 is 0 Å². The van der Waals surface area contributed by atoms with E-state index < -0.39 is 0 Å². The van der Waals surface area contributed by atoms with Gasteiger partial charge in [-0.3, -0.25) is 0 Å². The lowest BCUT2D eigenvalue weighted by molar-refractivity contribution is 0.133. The maximum atomic E-state index is 10.1. The minimum atomic E-state index is 0. The van der Waals surface area contributed by atoms with E-state index in [-0.39, 0.29) is 24.0 Å². The van der Waals surface area contributed by atoms with E-state index in [0.29, 0.717) is 25.5 Å². The average molecular weight is 524 g/mol. The van der Waals surface area contributed by atoms with Crippen molar-refractivity contribution < 1.29 is 9.84 Å². The van der Waals surface area contributed by atoms with E-state index in [1.807, 2.05) is 31.2 Å². The minimum absolute atomic E-state index is 0. The molecule has 2 N–H and O–H groups in total. The van der Waals surface area contributed by atoms with Crippen LogP contribution in [-0.2, 0) is 17.9 Å². The molecule has 0 aliphatic carbocycles. The normalized spacial score (nSPS) is 14.4. The van der Waals surface area contributed by atoms with Gasteiger partial charge in [0.05, 0.1) is 18.8 Å². The van der Waals surface area contributed by atoms with Crippen molar-refractivity contribution in [3.63, 3.8) is 0 Å². The molecule has 1 fully saturated rings. The van der Waals surface area contributed by atoms with E-state index in [0.717, 1.165) is 44.4 Å². The molecule has 1 aliphatic rings. The number of halogens is 1. The third-order valence-corrected chi connectivity index (χ3v) is 5.12. The summed E-state index contributed by atoms with van der Waals surface area (Å²) in [5, 5.41) is 13.5. The van der Waals surface area contributed by atoms with Crippen molar-refractivity contribution >= 4 is 35.6 Å². The highest BCUT2D eigenvalue weighted by atomic mass is 127. The molecule has 0 saturated carbocycles. The van der Waals surface area contributed by atoms with Crippen LogP contribution in [0.3, 0.4) is 0 Å². The number of anilines is 1. The third kappa shape index (κ3) is 6.50. The van der Waals surface area contributed by atoms with E-state index in [4.69, 9.17) is 9.73 Å². The molecule has 0 spiro atoms. The Morgan fingerprint density at radius 1 is 1.00 bits per heavy atom. The smallest absolute Gasteiger partial charge is 0.194 e. The Hall–Kier alpha value is -2.00. The number of phenols is 1. The van der Waals surface area contributed by atoms with Gasteiger partial charge in [-0.25, -0.2) is 4.99 Å². The molecule has 0 aromatic heterocycles. The quantitative estimate of drug-likeness (QED) is 0.328. The lowest BCUT2D eigenvalue weighted by Gasteiger charge is -2.37. The number of hydrogen-bond donors (Lipinski definition) is 2. The second-order valence-electron chi connectivity index (χ2n) is 7.04. The van der Waals surface area contributed by atoms with E-state index in [9.17, 15) is 5.11 Å². The van der Waals surface area contributed by atoms with Crippen molar-refractivity contribution in [3.8, 4) is 5.75 Å². The van der Waals surface area contributed by atoms with Crippen molar-refractivity contribution in [1.29, 1.82) is 0 Å². The summed E-state index contributed by atoms with van der Waals surface area (Å²) < 4.78 is 5.59. The van der Waals surface area contributed by atoms with E-state index in [1.54, 1.807) is 6.07 Å². The summed E-state index contributed by atoms with van der Waals surface area (Å²) in [7, 11) is 0. The molecule has 0 unspecified atom stereocenters. The molecule has 7 heteroatoms. The zero-order valence-electron chi connectivity index (χ0n) is 17.9. The third-order valence-electron chi connectivity index (χ3n) is 5.12. The lowest BCUT2D eigenvalue weighted by atomic mass is 10.1. The first-order valence-electron chi connectivity index (χ1n) is 10.4. The van der Waals surface area contributed by atoms with Crippen molar-refractivity contribution in [2.45, 2.75) is 27.0 Å². The molecule has 164 valence electrons. The number of piperazine rings is 1. The van der Waals surface area contributed by atoms with E-state index >= 15 is 0 Å². The van der Waals surface area contributed by atoms with Gasteiger partial charge < -0.3 is 25.0 Å². The van der Waals surface area contributed by atoms with Crippen LogP contribution in [0.5, 0.6) is 5.75 Å². The number of nitrogens with one attached hydrogen (secondary N) is 1. The molecular weight excluding hydrogens is 491 g/mol. The number of para-hydroxylation sites is 2. The van der Waals surface area contributed by atoms with Crippen LogP contribution in [0.15, 0.2) is 53.5 Å². The van der Waals surface area contributed by atoms with Gasteiger partial charge in [0.25, 0.3) is 0 Å². The van der Waals surface area contributed by atoms with Crippen molar-refractivity contribution in [1.82, 2.24) is 10.2 Å². The van der Waals surface area contributed by atoms with Gasteiger partial charge in [0.2, 0.25) is 0 Å². The molecule has 1 aliphatic heterocycles. The predicted molar refractivity (Wildman–Crippen MR) is 134 cm³/mol. The van der Waals surface area contributed by atoms with Crippen molar-refractivity contribution in [2.75, 3.05) is 44.2 Å². The second kappa shape index (κ2) is 12.6. The van der Waals surface area contributed by atoms with Crippen molar-refractivity contribution in [3.05, 3.63) is 59.7 Å². The first-order valence-corrected chi connectivity index (χ1v) is 10.4. The fraction of sp³-hybridized carbons (Fsp3) is 0.435. The molecule has 1 saturated heterocycles. The molecule has 2 aromatic carbocycles. The topological polar surface area (TPSA) is 60.3 Å².